The Morgan fingerprint density at radius 3 is 2.00 bits per heavy atom. The molecule has 4 saturated carbocycles. The van der Waals surface area contributed by atoms with Gasteiger partial charge in [0.25, 0.3) is 0 Å². The van der Waals surface area contributed by atoms with Crippen LogP contribution in [-0.4, -0.2) is 43.9 Å². The molecule has 6 rings (SSSR count). The number of morpholine rings is 1. The minimum atomic E-state index is -3.57. The predicted molar refractivity (Wildman–Crippen MR) is 114 cm³/mol. The first-order chi connectivity index (χ1) is 14.3. The van der Waals surface area contributed by atoms with Crippen molar-refractivity contribution in [1.29, 1.82) is 0 Å². The molecule has 5 fully saturated rings. The number of anilines is 1. The van der Waals surface area contributed by atoms with Crippen LogP contribution in [0.1, 0.15) is 46.0 Å². The van der Waals surface area contributed by atoms with Gasteiger partial charge in [-0.2, -0.15) is 4.31 Å². The van der Waals surface area contributed by atoms with Crippen LogP contribution in [0.2, 0.25) is 0 Å². The molecule has 0 aromatic heterocycles. The van der Waals surface area contributed by atoms with Gasteiger partial charge < -0.3 is 10.1 Å². The maximum atomic E-state index is 13.1. The van der Waals surface area contributed by atoms with Crippen molar-refractivity contribution >= 4 is 21.6 Å². The summed E-state index contributed by atoms with van der Waals surface area (Å²) in [6, 6.07) is 6.64. The van der Waals surface area contributed by atoms with Crippen molar-refractivity contribution in [2.75, 3.05) is 18.4 Å². The van der Waals surface area contributed by atoms with Gasteiger partial charge in [-0.3, -0.25) is 4.79 Å². The molecule has 2 atom stereocenters. The van der Waals surface area contributed by atoms with Crippen LogP contribution in [0.3, 0.4) is 0 Å². The van der Waals surface area contributed by atoms with Crippen LogP contribution in [0.25, 0.3) is 0 Å². The molecule has 1 saturated heterocycles. The quantitative estimate of drug-likeness (QED) is 0.790. The number of nitrogens with one attached hydrogen (secondary N) is 1. The lowest BCUT2D eigenvalue weighted by Crippen LogP contribution is -2.49. The van der Waals surface area contributed by atoms with Gasteiger partial charge in [-0.25, -0.2) is 8.42 Å². The highest BCUT2D eigenvalue weighted by Gasteiger charge is 2.50. The molecule has 164 valence electrons. The molecular formula is C23H32N2O4S. The van der Waals surface area contributed by atoms with Gasteiger partial charge in [0.15, 0.2) is 0 Å². The maximum Gasteiger partial charge on any atom is 0.243 e. The van der Waals surface area contributed by atoms with Crippen LogP contribution in [0.4, 0.5) is 5.69 Å². The van der Waals surface area contributed by atoms with Gasteiger partial charge >= 0.3 is 0 Å². The van der Waals surface area contributed by atoms with Crippen LogP contribution >= 0.6 is 0 Å². The Balaban J connectivity index is 1.27. The van der Waals surface area contributed by atoms with Crippen LogP contribution < -0.4 is 5.32 Å². The van der Waals surface area contributed by atoms with E-state index in [-0.39, 0.29) is 28.9 Å². The van der Waals surface area contributed by atoms with E-state index in [0.717, 1.165) is 11.8 Å². The summed E-state index contributed by atoms with van der Waals surface area (Å²) < 4.78 is 33.2. The molecule has 5 aliphatic rings. The second kappa shape index (κ2) is 7.61. The lowest BCUT2D eigenvalue weighted by atomic mass is 9.51. The maximum absolute atomic E-state index is 13.1. The van der Waals surface area contributed by atoms with E-state index in [1.165, 1.54) is 36.4 Å². The Bertz CT molecular complexity index is 876. The number of benzene rings is 1. The Labute approximate surface area is 179 Å². The molecule has 1 aromatic rings. The van der Waals surface area contributed by atoms with E-state index in [0.29, 0.717) is 30.6 Å². The number of ether oxygens (including phenoxy) is 1. The van der Waals surface area contributed by atoms with E-state index in [9.17, 15) is 13.2 Å². The van der Waals surface area contributed by atoms with Crippen molar-refractivity contribution in [3.8, 4) is 0 Å². The number of sulfonamides is 1. The van der Waals surface area contributed by atoms with Gasteiger partial charge in [0.1, 0.15) is 0 Å². The van der Waals surface area contributed by atoms with E-state index in [1.807, 2.05) is 13.8 Å². The second-order valence-electron chi connectivity index (χ2n) is 10.0. The summed E-state index contributed by atoms with van der Waals surface area (Å²) in [7, 11) is -3.57. The summed E-state index contributed by atoms with van der Waals surface area (Å²) in [5, 5.41) is 3.07. The molecule has 7 heteroatoms. The van der Waals surface area contributed by atoms with Crippen molar-refractivity contribution in [3.63, 3.8) is 0 Å². The summed E-state index contributed by atoms with van der Waals surface area (Å²) in [5.41, 5.74) is 0.677. The average Bonchev–Trinajstić information content (AvgIpc) is 2.67. The van der Waals surface area contributed by atoms with E-state index in [4.69, 9.17) is 4.74 Å². The molecule has 0 radical (unpaired) electrons. The third-order valence-electron chi connectivity index (χ3n) is 7.68. The first kappa shape index (κ1) is 20.5. The van der Waals surface area contributed by atoms with E-state index >= 15 is 0 Å². The van der Waals surface area contributed by atoms with E-state index < -0.39 is 10.0 Å². The zero-order valence-corrected chi connectivity index (χ0v) is 18.6. The molecule has 1 aliphatic heterocycles. The normalized spacial score (nSPS) is 38.5. The summed E-state index contributed by atoms with van der Waals surface area (Å²) >= 11 is 0. The number of nitrogens with zero attached hydrogens (tertiary/aromatic N) is 1. The zero-order chi connectivity index (χ0) is 21.0. The van der Waals surface area contributed by atoms with Gasteiger partial charge in [0.2, 0.25) is 15.9 Å². The fourth-order valence-corrected chi connectivity index (χ4v) is 8.36. The number of carbonyl (C=O) groups excluding carboxylic acids is 1. The smallest absolute Gasteiger partial charge is 0.243 e. The van der Waals surface area contributed by atoms with Crippen LogP contribution in [-0.2, 0) is 19.6 Å². The molecule has 1 aromatic carbocycles. The summed E-state index contributed by atoms with van der Waals surface area (Å²) in [5.74, 6) is 2.99. The van der Waals surface area contributed by atoms with Crippen LogP contribution in [0.15, 0.2) is 29.2 Å². The lowest BCUT2D eigenvalue weighted by molar-refractivity contribution is -0.132. The zero-order valence-electron chi connectivity index (χ0n) is 17.8. The third kappa shape index (κ3) is 3.69. The highest BCUT2D eigenvalue weighted by Crippen LogP contribution is 2.56. The fraction of sp³-hybridized carbons (Fsp3) is 0.696. The molecule has 4 bridgehead atoms. The highest BCUT2D eigenvalue weighted by atomic mass is 32.2. The first-order valence-electron chi connectivity index (χ1n) is 11.4. The lowest BCUT2D eigenvalue weighted by Gasteiger charge is -2.53. The van der Waals surface area contributed by atoms with E-state index in [1.54, 1.807) is 24.3 Å². The highest BCUT2D eigenvalue weighted by molar-refractivity contribution is 7.89. The molecule has 1 heterocycles. The second-order valence-corrected chi connectivity index (χ2v) is 12.0. The van der Waals surface area contributed by atoms with Crippen molar-refractivity contribution in [1.82, 2.24) is 4.31 Å². The Morgan fingerprint density at radius 2 is 1.47 bits per heavy atom. The van der Waals surface area contributed by atoms with Crippen molar-refractivity contribution in [2.45, 2.75) is 63.1 Å². The minimum Gasteiger partial charge on any atom is -0.373 e. The van der Waals surface area contributed by atoms with E-state index in [2.05, 4.69) is 5.32 Å². The number of amides is 1. The molecule has 0 spiro atoms. The molecule has 2 unspecified atom stereocenters. The van der Waals surface area contributed by atoms with Gasteiger partial charge in [-0.05, 0) is 93.9 Å². The van der Waals surface area contributed by atoms with Crippen molar-refractivity contribution < 1.29 is 17.9 Å². The summed E-state index contributed by atoms with van der Waals surface area (Å²) in [4.78, 5) is 13.3. The Kier molecular flexibility index (Phi) is 5.19. The molecule has 30 heavy (non-hydrogen) atoms. The number of rotatable bonds is 4. The third-order valence-corrected chi connectivity index (χ3v) is 9.52. The average molecular weight is 433 g/mol. The minimum absolute atomic E-state index is 0.121. The number of carbonyl (C=O) groups is 1. The molecule has 1 amide bonds. The monoisotopic (exact) mass is 432 g/mol. The number of hydrogen-bond donors (Lipinski definition) is 1. The van der Waals surface area contributed by atoms with Gasteiger partial charge in [0.05, 0.1) is 17.1 Å². The van der Waals surface area contributed by atoms with Crippen molar-refractivity contribution in [3.05, 3.63) is 24.3 Å². The van der Waals surface area contributed by atoms with Gasteiger partial charge in [-0.15, -0.1) is 0 Å². The largest absolute Gasteiger partial charge is 0.373 e. The Morgan fingerprint density at radius 1 is 0.933 bits per heavy atom. The van der Waals surface area contributed by atoms with Gasteiger partial charge in [0, 0.05) is 24.7 Å². The van der Waals surface area contributed by atoms with Crippen LogP contribution in [0.5, 0.6) is 0 Å². The van der Waals surface area contributed by atoms with Crippen molar-refractivity contribution in [2.24, 2.45) is 29.6 Å². The number of hydrogen-bond acceptors (Lipinski definition) is 4. The molecule has 1 N–H and O–H groups in total. The predicted octanol–water partition coefficient (Wildman–Crippen LogP) is 3.50. The standard InChI is InChI=1S/C23H32N2O4S/c1-14-12-25(13-15(2)29-14)30(27,28)21-5-3-20(4-6-21)24-23(26)22-18-8-16-7-17(10-18)11-19(22)9-16/h3-6,14-19,22H,7-13H2,1-2H3,(H,24,26). The first-order valence-corrected chi connectivity index (χ1v) is 12.8. The van der Waals surface area contributed by atoms with Crippen LogP contribution in [0, 0.1) is 29.6 Å². The molecule has 4 aliphatic carbocycles. The fourth-order valence-electron chi connectivity index (χ4n) is 6.77. The molecule has 6 nitrogen and oxygen atoms in total. The topological polar surface area (TPSA) is 75.7 Å². The summed E-state index contributed by atoms with van der Waals surface area (Å²) in [6.07, 6.45) is 5.96. The Hall–Kier alpha value is -1.44. The van der Waals surface area contributed by atoms with Gasteiger partial charge in [-0.1, -0.05) is 0 Å². The summed E-state index contributed by atoms with van der Waals surface area (Å²) in [6.45, 7) is 4.50. The SMILES string of the molecule is CC1CN(S(=O)(=O)c2ccc(NC(=O)C3C4CC5CC(C4)CC3C5)cc2)CC(C)O1. The molecular weight excluding hydrogens is 400 g/mol.